The third-order valence-electron chi connectivity index (χ3n) is 7.02. The highest BCUT2D eigenvalue weighted by Crippen LogP contribution is 2.36. The van der Waals surface area contributed by atoms with Crippen molar-refractivity contribution in [2.24, 2.45) is 5.92 Å². The molecule has 0 atom stereocenters. The molecule has 0 aliphatic carbocycles. The number of amides is 2. The van der Waals surface area contributed by atoms with Crippen LogP contribution in [-0.4, -0.2) is 52.2 Å². The van der Waals surface area contributed by atoms with Crippen LogP contribution in [0.25, 0.3) is 22.4 Å². The Morgan fingerprint density at radius 2 is 1.69 bits per heavy atom. The fraction of sp³-hybridized carbons (Fsp3) is 0.250. The average molecular weight is 567 g/mol. The summed E-state index contributed by atoms with van der Waals surface area (Å²) in [6.07, 6.45) is 0.685. The Bertz CT molecular complexity index is 1700. The van der Waals surface area contributed by atoms with Gasteiger partial charge in [0.1, 0.15) is 40.0 Å². The Morgan fingerprint density at radius 1 is 0.952 bits per heavy atom. The fourth-order valence-corrected chi connectivity index (χ4v) is 4.97. The molecule has 3 aromatic carbocycles. The van der Waals surface area contributed by atoms with Gasteiger partial charge in [-0.2, -0.15) is 4.98 Å². The zero-order valence-electron chi connectivity index (χ0n) is 23.5. The van der Waals surface area contributed by atoms with Crippen LogP contribution in [0.2, 0.25) is 0 Å². The number of aromatic nitrogens is 3. The molecule has 2 amide bonds. The van der Waals surface area contributed by atoms with Gasteiger partial charge in [-0.3, -0.25) is 0 Å². The molecule has 10 heteroatoms. The zero-order valence-corrected chi connectivity index (χ0v) is 23.5. The van der Waals surface area contributed by atoms with E-state index >= 15 is 0 Å². The Hall–Kier alpha value is -4.99. The van der Waals surface area contributed by atoms with Gasteiger partial charge in [-0.15, -0.1) is 0 Å². The molecule has 3 heterocycles. The highest BCUT2D eigenvalue weighted by Gasteiger charge is 2.28. The zero-order chi connectivity index (χ0) is 29.1. The van der Waals surface area contributed by atoms with Crippen molar-refractivity contribution in [2.75, 3.05) is 36.4 Å². The van der Waals surface area contributed by atoms with E-state index in [1.165, 1.54) is 6.07 Å². The molecular weight excluding hydrogens is 535 g/mol. The summed E-state index contributed by atoms with van der Waals surface area (Å²) >= 11 is 0. The van der Waals surface area contributed by atoms with E-state index in [4.69, 9.17) is 19.2 Å². The van der Waals surface area contributed by atoms with Gasteiger partial charge in [-0.25, -0.2) is 14.2 Å². The minimum atomic E-state index is -0.469. The molecule has 1 aliphatic heterocycles. The highest BCUT2D eigenvalue weighted by molar-refractivity contribution is 5.98. The fourth-order valence-electron chi connectivity index (χ4n) is 4.97. The van der Waals surface area contributed by atoms with E-state index in [1.807, 2.05) is 54.6 Å². The van der Waals surface area contributed by atoms with Crippen molar-refractivity contribution in [3.8, 4) is 22.8 Å². The summed E-state index contributed by atoms with van der Waals surface area (Å²) < 4.78 is 25.9. The number of piperazine rings is 1. The van der Waals surface area contributed by atoms with Crippen LogP contribution >= 0.6 is 0 Å². The van der Waals surface area contributed by atoms with Crippen molar-refractivity contribution in [2.45, 2.75) is 20.3 Å². The summed E-state index contributed by atoms with van der Waals surface area (Å²) in [4.78, 5) is 26.4. The molecule has 0 unspecified atom stereocenters. The lowest BCUT2D eigenvalue weighted by Gasteiger charge is -2.35. The Morgan fingerprint density at radius 3 is 2.45 bits per heavy atom. The predicted octanol–water partition coefficient (Wildman–Crippen LogP) is 6.77. The molecule has 0 bridgehead atoms. The summed E-state index contributed by atoms with van der Waals surface area (Å²) in [6.45, 7) is 6.16. The van der Waals surface area contributed by atoms with Gasteiger partial charge in [0.05, 0.1) is 5.69 Å². The van der Waals surface area contributed by atoms with Gasteiger partial charge in [0.15, 0.2) is 0 Å². The van der Waals surface area contributed by atoms with Crippen molar-refractivity contribution >= 4 is 28.6 Å². The Balaban J connectivity index is 1.28. The molecule has 2 aromatic heterocycles. The summed E-state index contributed by atoms with van der Waals surface area (Å²) in [5.74, 6) is 2.68. The van der Waals surface area contributed by atoms with Crippen molar-refractivity contribution in [1.82, 2.24) is 20.0 Å². The number of rotatable bonds is 7. The number of hydrogen-bond acceptors (Lipinski definition) is 7. The second kappa shape index (κ2) is 11.9. The second-order valence-electron chi connectivity index (χ2n) is 10.6. The third kappa shape index (κ3) is 5.88. The van der Waals surface area contributed by atoms with E-state index in [1.54, 1.807) is 23.1 Å². The molecule has 1 fully saturated rings. The van der Waals surface area contributed by atoms with Crippen LogP contribution in [0, 0.1) is 11.7 Å². The number of halogens is 1. The molecule has 214 valence electrons. The molecule has 0 saturated carbocycles. The number of urea groups is 1. The van der Waals surface area contributed by atoms with Crippen LogP contribution in [0.4, 0.5) is 20.7 Å². The van der Waals surface area contributed by atoms with Gasteiger partial charge in [0, 0.05) is 38.2 Å². The number of carbonyl (C=O) groups is 1. The molecule has 9 nitrogen and oxygen atoms in total. The van der Waals surface area contributed by atoms with Gasteiger partial charge in [-0.05, 0) is 42.3 Å². The van der Waals surface area contributed by atoms with Crippen LogP contribution in [0.5, 0.6) is 11.5 Å². The predicted molar refractivity (Wildman–Crippen MR) is 159 cm³/mol. The highest BCUT2D eigenvalue weighted by atomic mass is 19.1. The summed E-state index contributed by atoms with van der Waals surface area (Å²) in [5.41, 5.74) is 2.01. The third-order valence-corrected chi connectivity index (χ3v) is 7.02. The molecule has 6 rings (SSSR count). The number of ether oxygens (including phenoxy) is 1. The lowest BCUT2D eigenvalue weighted by Crippen LogP contribution is -2.50. The number of fused-ring (bicyclic) bond motifs is 1. The first-order valence-electron chi connectivity index (χ1n) is 14.0. The van der Waals surface area contributed by atoms with Gasteiger partial charge in [-0.1, -0.05) is 61.5 Å². The number of carbonyl (C=O) groups excluding carboxylic acids is 1. The topological polar surface area (TPSA) is 96.6 Å². The average Bonchev–Trinajstić information content (AvgIpc) is 3.42. The number of nitrogens with zero attached hydrogens (tertiary/aromatic N) is 5. The smallest absolute Gasteiger partial charge is 0.322 e. The van der Waals surface area contributed by atoms with Crippen molar-refractivity contribution in [3.05, 3.63) is 90.5 Å². The SMILES string of the molecule is CC(C)Cc1nc(N2CCN(C(=O)Nc3ccccc3F)CC2)c2c(-c3cccc(Oc4ccccc4)c3)noc2n1. The number of benzene rings is 3. The van der Waals surface area contributed by atoms with Crippen molar-refractivity contribution in [1.29, 1.82) is 0 Å². The number of hydrogen-bond donors (Lipinski definition) is 1. The van der Waals surface area contributed by atoms with Crippen molar-refractivity contribution in [3.63, 3.8) is 0 Å². The molecule has 0 spiro atoms. The van der Waals surface area contributed by atoms with Gasteiger partial charge < -0.3 is 24.4 Å². The van der Waals surface area contributed by atoms with E-state index in [0.29, 0.717) is 66.9 Å². The van der Waals surface area contributed by atoms with Gasteiger partial charge >= 0.3 is 6.03 Å². The number of nitrogens with one attached hydrogen (secondary N) is 1. The lowest BCUT2D eigenvalue weighted by atomic mass is 10.1. The van der Waals surface area contributed by atoms with Crippen molar-refractivity contribution < 1.29 is 18.4 Å². The summed E-state index contributed by atoms with van der Waals surface area (Å²) in [5, 5.41) is 7.80. The first kappa shape index (κ1) is 27.2. The monoisotopic (exact) mass is 566 g/mol. The molecule has 42 heavy (non-hydrogen) atoms. The van der Waals surface area contributed by atoms with Crippen LogP contribution in [0.3, 0.4) is 0 Å². The summed E-state index contributed by atoms with van der Waals surface area (Å²) in [7, 11) is 0. The first-order chi connectivity index (χ1) is 20.4. The van der Waals surface area contributed by atoms with Crippen LogP contribution < -0.4 is 15.0 Å². The number of anilines is 2. The van der Waals surface area contributed by atoms with Gasteiger partial charge in [0.25, 0.3) is 5.71 Å². The maximum absolute atomic E-state index is 14.1. The van der Waals surface area contributed by atoms with E-state index in [0.717, 1.165) is 17.1 Å². The molecule has 5 aromatic rings. The minimum absolute atomic E-state index is 0.161. The quantitative estimate of drug-likeness (QED) is 0.232. The number of para-hydroxylation sites is 2. The molecule has 1 aliphatic rings. The molecule has 0 radical (unpaired) electrons. The first-order valence-corrected chi connectivity index (χ1v) is 14.0. The maximum Gasteiger partial charge on any atom is 0.322 e. The van der Waals surface area contributed by atoms with E-state index in [-0.39, 0.29) is 11.7 Å². The van der Waals surface area contributed by atoms with Gasteiger partial charge in [0.2, 0.25) is 0 Å². The largest absolute Gasteiger partial charge is 0.457 e. The molecule has 1 saturated heterocycles. The summed E-state index contributed by atoms with van der Waals surface area (Å²) in [6, 6.07) is 23.1. The second-order valence-corrected chi connectivity index (χ2v) is 10.6. The van der Waals surface area contributed by atoms with Crippen LogP contribution in [0.1, 0.15) is 19.7 Å². The van der Waals surface area contributed by atoms with E-state index in [9.17, 15) is 9.18 Å². The van der Waals surface area contributed by atoms with Crippen LogP contribution in [-0.2, 0) is 6.42 Å². The van der Waals surface area contributed by atoms with E-state index in [2.05, 4.69) is 29.2 Å². The lowest BCUT2D eigenvalue weighted by molar-refractivity contribution is 0.208. The maximum atomic E-state index is 14.1. The normalized spacial score (nSPS) is 13.5. The Kier molecular flexibility index (Phi) is 7.68. The van der Waals surface area contributed by atoms with Crippen LogP contribution in [0.15, 0.2) is 83.4 Å². The standard InChI is InChI=1S/C32H31FN6O3/c1-21(2)19-27-35-30(38-15-17-39(18-16-38)32(40)34-26-14-7-6-13-25(26)33)28-29(37-42-31(28)36-27)22-9-8-12-24(20-22)41-23-10-4-3-5-11-23/h3-14,20-21H,15-19H2,1-2H3,(H,34,40). The Labute approximate surface area is 242 Å². The molecule has 1 N–H and O–H groups in total. The molecular formula is C32H31FN6O3. The minimum Gasteiger partial charge on any atom is -0.457 e. The van der Waals surface area contributed by atoms with E-state index < -0.39 is 5.82 Å².